The Kier molecular flexibility index (Phi) is 5.26. The molecule has 0 spiro atoms. The van der Waals surface area contributed by atoms with E-state index in [-0.39, 0.29) is 0 Å². The van der Waals surface area contributed by atoms with Gasteiger partial charge in [-0.3, -0.25) is 0 Å². The van der Waals surface area contributed by atoms with Crippen molar-refractivity contribution in [2.45, 2.75) is 65.3 Å². The van der Waals surface area contributed by atoms with Gasteiger partial charge in [-0.1, -0.05) is 64.4 Å². The van der Waals surface area contributed by atoms with Crippen LogP contribution in [0.5, 0.6) is 0 Å². The van der Waals surface area contributed by atoms with E-state index in [1.165, 1.54) is 31.2 Å². The lowest BCUT2D eigenvalue weighted by molar-refractivity contribution is 0.195. The molecule has 0 heterocycles. The summed E-state index contributed by atoms with van der Waals surface area (Å²) in [6.07, 6.45) is 5.44. The predicted molar refractivity (Wildman–Crippen MR) is 88.1 cm³/mol. The summed E-state index contributed by atoms with van der Waals surface area (Å²) in [6.45, 7) is 10.6. The molecule has 1 fully saturated rings. The highest BCUT2D eigenvalue weighted by atomic mass is 14.9. The van der Waals surface area contributed by atoms with Crippen LogP contribution in [0.15, 0.2) is 30.3 Å². The van der Waals surface area contributed by atoms with Crippen molar-refractivity contribution < 1.29 is 0 Å². The predicted octanol–water partition coefficient (Wildman–Crippen LogP) is 4.98. The Morgan fingerprint density at radius 2 is 1.90 bits per heavy atom. The van der Waals surface area contributed by atoms with Gasteiger partial charge in [0.05, 0.1) is 0 Å². The highest BCUT2D eigenvalue weighted by Gasteiger charge is 2.28. The van der Waals surface area contributed by atoms with Crippen molar-refractivity contribution in [3.63, 3.8) is 0 Å². The first-order valence-electron chi connectivity index (χ1n) is 8.26. The third kappa shape index (κ3) is 4.34. The summed E-state index contributed by atoms with van der Waals surface area (Å²) < 4.78 is 0. The van der Waals surface area contributed by atoms with Gasteiger partial charge in [-0.15, -0.1) is 0 Å². The lowest BCUT2D eigenvalue weighted by Gasteiger charge is -2.36. The summed E-state index contributed by atoms with van der Waals surface area (Å²) in [5, 5.41) is 3.86. The molecular weight excluding hydrogens is 242 g/mol. The number of benzene rings is 1. The molecule has 1 aliphatic carbocycles. The molecule has 0 saturated heterocycles. The van der Waals surface area contributed by atoms with Gasteiger partial charge in [-0.25, -0.2) is 0 Å². The maximum atomic E-state index is 3.86. The Hall–Kier alpha value is -0.820. The number of hydrogen-bond donors (Lipinski definition) is 1. The van der Waals surface area contributed by atoms with Crippen LogP contribution in [0.1, 0.15) is 64.9 Å². The Morgan fingerprint density at radius 1 is 1.20 bits per heavy atom. The molecule has 112 valence electrons. The van der Waals surface area contributed by atoms with E-state index in [1.807, 2.05) is 0 Å². The second kappa shape index (κ2) is 6.76. The van der Waals surface area contributed by atoms with Gasteiger partial charge in [0.1, 0.15) is 0 Å². The van der Waals surface area contributed by atoms with Gasteiger partial charge in [0.2, 0.25) is 0 Å². The summed E-state index contributed by atoms with van der Waals surface area (Å²) in [4.78, 5) is 0. The second-order valence-corrected chi connectivity index (χ2v) is 7.63. The molecular formula is C19H31N. The van der Waals surface area contributed by atoms with E-state index in [1.54, 1.807) is 0 Å². The van der Waals surface area contributed by atoms with E-state index < -0.39 is 0 Å². The van der Waals surface area contributed by atoms with Crippen LogP contribution in [-0.4, -0.2) is 12.6 Å². The third-order valence-electron chi connectivity index (χ3n) is 4.86. The van der Waals surface area contributed by atoms with Crippen molar-refractivity contribution in [3.8, 4) is 0 Å². The van der Waals surface area contributed by atoms with Gasteiger partial charge < -0.3 is 5.32 Å². The van der Waals surface area contributed by atoms with Crippen molar-refractivity contribution in [1.29, 1.82) is 0 Å². The number of rotatable bonds is 5. The fourth-order valence-electron chi connectivity index (χ4n) is 3.60. The average Bonchev–Trinajstić information content (AvgIpc) is 2.38. The largest absolute Gasteiger partial charge is 0.313 e. The highest BCUT2D eigenvalue weighted by molar-refractivity contribution is 5.20. The lowest BCUT2D eigenvalue weighted by Crippen LogP contribution is -2.39. The first-order valence-corrected chi connectivity index (χ1v) is 8.26. The standard InChI is InChI=1S/C19H31N/c1-15(2)18(16-9-6-5-7-10-16)14-20-17-11-8-12-19(3,4)13-17/h5-7,9-10,15,17-18,20H,8,11-14H2,1-4H3. The van der Waals surface area contributed by atoms with Crippen LogP contribution in [0.3, 0.4) is 0 Å². The van der Waals surface area contributed by atoms with Gasteiger partial charge >= 0.3 is 0 Å². The van der Waals surface area contributed by atoms with Gasteiger partial charge in [0.15, 0.2) is 0 Å². The van der Waals surface area contributed by atoms with E-state index in [4.69, 9.17) is 0 Å². The number of nitrogens with one attached hydrogen (secondary N) is 1. The van der Waals surface area contributed by atoms with E-state index in [9.17, 15) is 0 Å². The van der Waals surface area contributed by atoms with Crippen molar-refractivity contribution in [3.05, 3.63) is 35.9 Å². The van der Waals surface area contributed by atoms with Crippen molar-refractivity contribution in [2.24, 2.45) is 11.3 Å². The van der Waals surface area contributed by atoms with E-state index in [0.717, 1.165) is 6.54 Å². The molecule has 1 nitrogen and oxygen atoms in total. The molecule has 0 radical (unpaired) electrons. The first kappa shape index (κ1) is 15.6. The lowest BCUT2D eigenvalue weighted by atomic mass is 9.75. The summed E-state index contributed by atoms with van der Waals surface area (Å²) in [7, 11) is 0. The molecule has 1 saturated carbocycles. The molecule has 0 aromatic heterocycles. The Bertz CT molecular complexity index is 393. The van der Waals surface area contributed by atoms with Crippen LogP contribution in [0.2, 0.25) is 0 Å². The fraction of sp³-hybridized carbons (Fsp3) is 0.684. The van der Waals surface area contributed by atoms with Crippen LogP contribution >= 0.6 is 0 Å². The second-order valence-electron chi connectivity index (χ2n) is 7.63. The normalized spacial score (nSPS) is 23.8. The number of hydrogen-bond acceptors (Lipinski definition) is 1. The SMILES string of the molecule is CC(C)C(CNC1CCCC(C)(C)C1)c1ccccc1. The fourth-order valence-corrected chi connectivity index (χ4v) is 3.60. The Morgan fingerprint density at radius 3 is 2.50 bits per heavy atom. The average molecular weight is 273 g/mol. The van der Waals surface area contributed by atoms with Crippen molar-refractivity contribution in [2.75, 3.05) is 6.54 Å². The van der Waals surface area contributed by atoms with Crippen molar-refractivity contribution >= 4 is 0 Å². The zero-order valence-electron chi connectivity index (χ0n) is 13.7. The molecule has 1 aromatic carbocycles. The van der Waals surface area contributed by atoms with Gasteiger partial charge in [-0.05, 0) is 42.1 Å². The molecule has 1 aliphatic rings. The van der Waals surface area contributed by atoms with Gasteiger partial charge in [0, 0.05) is 12.6 Å². The summed E-state index contributed by atoms with van der Waals surface area (Å²) in [5.74, 6) is 1.31. The van der Waals surface area contributed by atoms with Crippen molar-refractivity contribution in [1.82, 2.24) is 5.32 Å². The van der Waals surface area contributed by atoms with E-state index >= 15 is 0 Å². The molecule has 1 N–H and O–H groups in total. The molecule has 2 unspecified atom stereocenters. The maximum absolute atomic E-state index is 3.86. The highest BCUT2D eigenvalue weighted by Crippen LogP contribution is 2.35. The summed E-state index contributed by atoms with van der Waals surface area (Å²) in [6, 6.07) is 11.7. The molecule has 1 aromatic rings. The monoisotopic (exact) mass is 273 g/mol. The van der Waals surface area contributed by atoms with Gasteiger partial charge in [-0.2, -0.15) is 0 Å². The van der Waals surface area contributed by atoms with Crippen LogP contribution < -0.4 is 5.32 Å². The molecule has 0 aliphatic heterocycles. The molecule has 2 rings (SSSR count). The zero-order valence-corrected chi connectivity index (χ0v) is 13.7. The molecule has 20 heavy (non-hydrogen) atoms. The quantitative estimate of drug-likeness (QED) is 0.797. The topological polar surface area (TPSA) is 12.0 Å². The molecule has 1 heteroatoms. The molecule has 2 atom stereocenters. The zero-order chi connectivity index (χ0) is 14.6. The van der Waals surface area contributed by atoms with Crippen LogP contribution in [-0.2, 0) is 0 Å². The maximum Gasteiger partial charge on any atom is 0.00723 e. The third-order valence-corrected chi connectivity index (χ3v) is 4.86. The van der Waals surface area contributed by atoms with Crippen LogP contribution in [0, 0.1) is 11.3 Å². The molecule has 0 bridgehead atoms. The summed E-state index contributed by atoms with van der Waals surface area (Å²) >= 11 is 0. The minimum atomic E-state index is 0.524. The smallest absolute Gasteiger partial charge is 0.00723 e. The Labute approximate surface area is 125 Å². The van der Waals surface area contributed by atoms with Crippen LogP contribution in [0.4, 0.5) is 0 Å². The minimum absolute atomic E-state index is 0.524. The van der Waals surface area contributed by atoms with E-state index in [0.29, 0.717) is 23.3 Å². The van der Waals surface area contributed by atoms with Crippen LogP contribution in [0.25, 0.3) is 0 Å². The minimum Gasteiger partial charge on any atom is -0.313 e. The first-order chi connectivity index (χ1) is 9.48. The Balaban J connectivity index is 1.93. The molecule has 0 amide bonds. The van der Waals surface area contributed by atoms with Gasteiger partial charge in [0.25, 0.3) is 0 Å². The summed E-state index contributed by atoms with van der Waals surface area (Å²) in [5.41, 5.74) is 2.00. The van der Waals surface area contributed by atoms with E-state index in [2.05, 4.69) is 63.3 Å².